The molecule has 3 aromatic rings. The molecule has 3 N–H and O–H groups in total. The zero-order valence-electron chi connectivity index (χ0n) is 29.0. The zero-order chi connectivity index (χ0) is 38.6. The van der Waals surface area contributed by atoms with Crippen LogP contribution in [-0.4, -0.2) is 71.0 Å². The van der Waals surface area contributed by atoms with Crippen molar-refractivity contribution < 1.29 is 45.1 Å². The molecule has 0 bridgehead atoms. The molecule has 2 saturated carbocycles. The van der Waals surface area contributed by atoms with Crippen molar-refractivity contribution in [1.29, 1.82) is 0 Å². The second kappa shape index (κ2) is 14.4. The molecule has 4 aliphatic rings. The molecule has 18 heteroatoms. The molecular weight excluding hydrogens is 818 g/mol. The fourth-order valence-electron chi connectivity index (χ4n) is 7.05. The van der Waals surface area contributed by atoms with Gasteiger partial charge in [0.05, 0.1) is 27.1 Å². The van der Waals surface area contributed by atoms with Gasteiger partial charge in [-0.15, -0.1) is 0 Å². The lowest BCUT2D eigenvalue weighted by Crippen LogP contribution is -2.58. The average Bonchev–Trinajstić information content (AvgIpc) is 3.91. The van der Waals surface area contributed by atoms with Crippen molar-refractivity contribution >= 4 is 70.9 Å². The summed E-state index contributed by atoms with van der Waals surface area (Å²) in [6.45, 7) is 1.44. The molecule has 3 amide bonds. The third-order valence-corrected chi connectivity index (χ3v) is 14.2. The van der Waals surface area contributed by atoms with E-state index in [4.69, 9.17) is 4.74 Å². The Balaban J connectivity index is 1.20. The van der Waals surface area contributed by atoms with Gasteiger partial charge in [-0.3, -0.25) is 19.1 Å². The van der Waals surface area contributed by atoms with Crippen LogP contribution in [0.15, 0.2) is 53.0 Å². The molecule has 11 nitrogen and oxygen atoms in total. The molecule has 5 atom stereocenters. The Bertz CT molecular complexity index is 2130. The first kappa shape index (κ1) is 38.5. The van der Waals surface area contributed by atoms with E-state index in [2.05, 4.69) is 36.3 Å². The van der Waals surface area contributed by atoms with Gasteiger partial charge in [0.1, 0.15) is 29.5 Å². The summed E-state index contributed by atoms with van der Waals surface area (Å²) in [5, 5.41) is 5.91. The Labute approximate surface area is 321 Å². The molecule has 1 aromatic heterocycles. The second-order valence-corrected chi connectivity index (χ2v) is 18.8. The molecule has 3 fully saturated rings. The molecule has 0 unspecified atom stereocenters. The Morgan fingerprint density at radius 3 is 2.65 bits per heavy atom. The van der Waals surface area contributed by atoms with Crippen LogP contribution in [0.5, 0.6) is 5.19 Å². The van der Waals surface area contributed by atoms with Crippen LogP contribution < -0.4 is 20.1 Å². The van der Waals surface area contributed by atoms with E-state index in [9.17, 15) is 40.4 Å². The lowest BCUT2D eigenvalue weighted by atomic mass is 10.0. The number of allylic oxidation sites excluding steroid dienone is 1. The van der Waals surface area contributed by atoms with Crippen molar-refractivity contribution in [2.45, 2.75) is 99.4 Å². The fraction of sp³-hybridized carbons (Fsp3) is 0.500. The molecule has 0 spiro atoms. The maximum absolute atomic E-state index is 14.5. The van der Waals surface area contributed by atoms with Crippen LogP contribution in [0.4, 0.5) is 23.2 Å². The summed E-state index contributed by atoms with van der Waals surface area (Å²) in [7, 11) is -4.04. The number of rotatable bonds is 7. The first-order chi connectivity index (χ1) is 25.5. The van der Waals surface area contributed by atoms with E-state index in [1.165, 1.54) is 16.2 Å². The second-order valence-electron chi connectivity index (χ2n) is 14.7. The van der Waals surface area contributed by atoms with E-state index in [1.54, 1.807) is 19.1 Å². The van der Waals surface area contributed by atoms with Crippen molar-refractivity contribution in [3.05, 3.63) is 64.4 Å². The van der Waals surface area contributed by atoms with Gasteiger partial charge >= 0.3 is 6.18 Å². The summed E-state index contributed by atoms with van der Waals surface area (Å²) in [5.41, 5.74) is -2.39. The number of fused-ring (bicyclic) bond motifs is 3. The van der Waals surface area contributed by atoms with Crippen LogP contribution in [0.3, 0.4) is 0 Å². The number of alkyl halides is 3. The molecule has 2 aromatic carbocycles. The molecule has 0 radical (unpaired) electrons. The van der Waals surface area contributed by atoms with Crippen molar-refractivity contribution in [3.63, 3.8) is 0 Å². The van der Waals surface area contributed by atoms with Gasteiger partial charge in [0.2, 0.25) is 21.8 Å². The van der Waals surface area contributed by atoms with Crippen LogP contribution in [0.1, 0.15) is 70.3 Å². The maximum Gasteiger partial charge on any atom is 0.416 e. The van der Waals surface area contributed by atoms with Gasteiger partial charge in [0.15, 0.2) is 0 Å². The number of benzene rings is 2. The van der Waals surface area contributed by atoms with Gasteiger partial charge in [-0.1, -0.05) is 52.3 Å². The lowest BCUT2D eigenvalue weighted by Gasteiger charge is -2.30. The standard InChI is InChI=1S/C36H38BrF4N5O6S2/c1-34(11-12-34)54(50,51)45-32(49)35-18-20(35)7-5-3-2-4-6-8-27(42-24-14-21(36(39,40)41)13-23(38)16-24)31(48)46-19-25(17-28(46)30(47)44-35)52-33-43-26-10-9-22(37)15-29(26)53-33/h5,7,9-10,13-16,20,25,27-28,42H,2-4,6,8,11-12,17-19H2,1H3,(H,44,47)(H,45,49)/b7-5-/t20-,25+,27-,28-,35+/m0/s1. The maximum atomic E-state index is 14.5. The van der Waals surface area contributed by atoms with Crippen molar-refractivity contribution in [1.82, 2.24) is 19.9 Å². The Kier molecular flexibility index (Phi) is 10.3. The topological polar surface area (TPSA) is 147 Å². The number of carbonyl (C=O) groups excluding carboxylic acids is 3. The molecule has 3 heterocycles. The summed E-state index contributed by atoms with van der Waals surface area (Å²) in [6.07, 6.45) is 1.54. The molecule has 2 aliphatic carbocycles. The Morgan fingerprint density at radius 2 is 1.91 bits per heavy atom. The minimum Gasteiger partial charge on any atom is -0.465 e. The van der Waals surface area contributed by atoms with Crippen molar-refractivity contribution in [2.24, 2.45) is 5.92 Å². The predicted molar refractivity (Wildman–Crippen MR) is 197 cm³/mol. The van der Waals surface area contributed by atoms with Gasteiger partial charge in [0.25, 0.3) is 11.1 Å². The largest absolute Gasteiger partial charge is 0.465 e. The number of aromatic nitrogens is 1. The number of carbonyl (C=O) groups is 3. The summed E-state index contributed by atoms with van der Waals surface area (Å²) >= 11 is 4.70. The SMILES string of the molecule is CC1(S(=O)(=O)NC(=O)[C@@]23C[C@@H]2/C=C\CCCCC[C@H](Nc2cc(F)cc(C(F)(F)F)c2)C(=O)N2C[C@H](Oc4nc5ccc(Br)cc5s4)C[C@H]2C(=O)N3)CC1. The van der Waals surface area contributed by atoms with E-state index in [1.807, 2.05) is 18.2 Å². The summed E-state index contributed by atoms with van der Waals surface area (Å²) in [6, 6.07) is 5.11. The van der Waals surface area contributed by atoms with Gasteiger partial charge < -0.3 is 20.3 Å². The molecular formula is C36H38BrF4N5O6S2. The van der Waals surface area contributed by atoms with Crippen LogP contribution in [0.25, 0.3) is 10.2 Å². The average molecular weight is 857 g/mol. The first-order valence-corrected chi connectivity index (χ1v) is 20.8. The Morgan fingerprint density at radius 1 is 1.13 bits per heavy atom. The fourth-order valence-corrected chi connectivity index (χ4v) is 9.80. The Hall–Kier alpha value is -3.77. The van der Waals surface area contributed by atoms with Gasteiger partial charge in [-0.25, -0.2) is 17.8 Å². The number of sulfonamides is 1. The normalized spacial score (nSPS) is 27.9. The van der Waals surface area contributed by atoms with E-state index < -0.39 is 79.7 Å². The van der Waals surface area contributed by atoms with E-state index in [-0.39, 0.29) is 31.5 Å². The van der Waals surface area contributed by atoms with Crippen LogP contribution in [-0.2, 0) is 30.6 Å². The highest BCUT2D eigenvalue weighted by molar-refractivity contribution is 9.10. The third-order valence-electron chi connectivity index (χ3n) is 10.6. The van der Waals surface area contributed by atoms with Crippen LogP contribution >= 0.6 is 27.3 Å². The summed E-state index contributed by atoms with van der Waals surface area (Å²) < 4.78 is 90.5. The predicted octanol–water partition coefficient (Wildman–Crippen LogP) is 6.44. The molecule has 2 aliphatic heterocycles. The smallest absolute Gasteiger partial charge is 0.416 e. The quantitative estimate of drug-likeness (QED) is 0.182. The van der Waals surface area contributed by atoms with Crippen molar-refractivity contribution in [3.8, 4) is 5.19 Å². The van der Waals surface area contributed by atoms with Crippen molar-refractivity contribution in [2.75, 3.05) is 11.9 Å². The number of thiazole rings is 1. The first-order valence-electron chi connectivity index (χ1n) is 17.7. The molecule has 1 saturated heterocycles. The van der Waals surface area contributed by atoms with Gasteiger partial charge in [-0.2, -0.15) is 13.2 Å². The summed E-state index contributed by atoms with van der Waals surface area (Å²) in [5.74, 6) is -3.85. The van der Waals surface area contributed by atoms with E-state index in [0.717, 1.165) is 21.3 Å². The monoisotopic (exact) mass is 855 g/mol. The number of nitrogens with one attached hydrogen (secondary N) is 3. The molecule has 7 rings (SSSR count). The van der Waals surface area contributed by atoms with Crippen LogP contribution in [0.2, 0.25) is 0 Å². The minimum atomic E-state index is -4.84. The number of halogens is 5. The van der Waals surface area contributed by atoms with E-state index >= 15 is 0 Å². The third kappa shape index (κ3) is 7.96. The number of hydrogen-bond donors (Lipinski definition) is 3. The van der Waals surface area contributed by atoms with E-state index in [0.29, 0.717) is 55.3 Å². The highest BCUT2D eigenvalue weighted by Crippen LogP contribution is 2.47. The van der Waals surface area contributed by atoms with Gasteiger partial charge in [0, 0.05) is 22.5 Å². The summed E-state index contributed by atoms with van der Waals surface area (Å²) in [4.78, 5) is 48.4. The lowest BCUT2D eigenvalue weighted by molar-refractivity contribution is -0.140. The zero-order valence-corrected chi connectivity index (χ0v) is 32.3. The number of anilines is 1. The van der Waals surface area contributed by atoms with Crippen LogP contribution in [0, 0.1) is 11.7 Å². The minimum absolute atomic E-state index is 0.0311. The number of amides is 3. The number of hydrogen-bond acceptors (Lipinski definition) is 9. The highest BCUT2D eigenvalue weighted by Gasteiger charge is 2.63. The molecule has 54 heavy (non-hydrogen) atoms. The number of nitrogens with zero attached hydrogens (tertiary/aromatic N) is 2. The number of ether oxygens (including phenoxy) is 1. The highest BCUT2D eigenvalue weighted by atomic mass is 79.9. The van der Waals surface area contributed by atoms with Gasteiger partial charge in [-0.05, 0) is 81.8 Å². The molecule has 290 valence electrons.